The molecule has 1 unspecified atom stereocenters. The van der Waals surface area contributed by atoms with Gasteiger partial charge in [0.2, 0.25) is 0 Å². The van der Waals surface area contributed by atoms with Gasteiger partial charge in [-0.3, -0.25) is 0 Å². The molecular formula is C8H14N2O. The maximum absolute atomic E-state index is 5.37. The van der Waals surface area contributed by atoms with Crippen molar-refractivity contribution in [3.05, 3.63) is 18.0 Å². The average Bonchev–Trinajstić information content (AvgIpc) is 2.36. The molecule has 1 atom stereocenters. The number of aryl methyl sites for hydroxylation is 1. The van der Waals surface area contributed by atoms with Crippen LogP contribution in [0.5, 0.6) is 0 Å². The first-order valence-corrected chi connectivity index (χ1v) is 3.87. The molecule has 0 aliphatic heterocycles. The van der Waals surface area contributed by atoms with Gasteiger partial charge >= 0.3 is 0 Å². The molecule has 1 aromatic heterocycles. The number of hydrogen-bond donors (Lipinski definition) is 0. The molecule has 0 saturated heterocycles. The van der Waals surface area contributed by atoms with Gasteiger partial charge in [0.1, 0.15) is 6.23 Å². The number of rotatable bonds is 3. The van der Waals surface area contributed by atoms with Crippen LogP contribution in [0.4, 0.5) is 0 Å². The molecule has 62 valence electrons. The lowest BCUT2D eigenvalue weighted by atomic mass is 10.5. The first-order valence-electron chi connectivity index (χ1n) is 3.87. The zero-order valence-corrected chi connectivity index (χ0v) is 7.24. The summed E-state index contributed by atoms with van der Waals surface area (Å²) in [6.07, 6.45) is 1.83. The normalized spacial score (nSPS) is 13.4. The van der Waals surface area contributed by atoms with Crippen LogP contribution < -0.4 is 0 Å². The van der Waals surface area contributed by atoms with Crippen molar-refractivity contribution in [2.45, 2.75) is 27.0 Å². The Morgan fingerprint density at radius 1 is 1.73 bits per heavy atom. The van der Waals surface area contributed by atoms with Gasteiger partial charge in [0.05, 0.1) is 0 Å². The van der Waals surface area contributed by atoms with Crippen molar-refractivity contribution in [2.75, 3.05) is 6.61 Å². The number of hydrogen-bond acceptors (Lipinski definition) is 2. The lowest BCUT2D eigenvalue weighted by molar-refractivity contribution is 0.0145. The van der Waals surface area contributed by atoms with Crippen LogP contribution in [0.1, 0.15) is 25.8 Å². The van der Waals surface area contributed by atoms with Crippen LogP contribution in [-0.2, 0) is 4.74 Å². The van der Waals surface area contributed by atoms with Gasteiger partial charge in [0.25, 0.3) is 0 Å². The minimum atomic E-state index is 0.0509. The molecular weight excluding hydrogens is 140 g/mol. The van der Waals surface area contributed by atoms with Crippen molar-refractivity contribution in [3.63, 3.8) is 0 Å². The van der Waals surface area contributed by atoms with Crippen molar-refractivity contribution in [1.82, 2.24) is 9.78 Å². The van der Waals surface area contributed by atoms with Gasteiger partial charge in [-0.1, -0.05) is 0 Å². The molecule has 0 fully saturated rings. The van der Waals surface area contributed by atoms with E-state index in [-0.39, 0.29) is 6.23 Å². The van der Waals surface area contributed by atoms with E-state index < -0.39 is 0 Å². The Labute approximate surface area is 67.0 Å². The SMILES string of the molecule is CCOC(C)n1nccc1C. The first-order chi connectivity index (χ1) is 5.25. The van der Waals surface area contributed by atoms with Gasteiger partial charge in [-0.05, 0) is 26.8 Å². The molecule has 0 amide bonds. The molecule has 1 heterocycles. The van der Waals surface area contributed by atoms with Gasteiger partial charge in [-0.2, -0.15) is 5.10 Å². The highest BCUT2D eigenvalue weighted by Gasteiger charge is 2.04. The van der Waals surface area contributed by atoms with Crippen LogP contribution in [0.25, 0.3) is 0 Å². The standard InChI is InChI=1S/C8H14N2O/c1-4-11-8(3)10-7(2)5-6-9-10/h5-6,8H,4H2,1-3H3. The van der Waals surface area contributed by atoms with E-state index in [0.717, 1.165) is 12.3 Å². The largest absolute Gasteiger partial charge is 0.357 e. The predicted octanol–water partition coefficient (Wildman–Crippen LogP) is 1.75. The second kappa shape index (κ2) is 3.53. The highest BCUT2D eigenvalue weighted by atomic mass is 16.5. The topological polar surface area (TPSA) is 27.1 Å². The second-order valence-electron chi connectivity index (χ2n) is 2.47. The molecule has 0 radical (unpaired) electrons. The van der Waals surface area contributed by atoms with E-state index in [1.165, 1.54) is 0 Å². The molecule has 0 aliphatic rings. The lowest BCUT2D eigenvalue weighted by Crippen LogP contribution is -2.11. The van der Waals surface area contributed by atoms with Gasteiger partial charge < -0.3 is 4.74 Å². The molecule has 0 bridgehead atoms. The highest BCUT2D eigenvalue weighted by molar-refractivity contribution is 4.96. The highest BCUT2D eigenvalue weighted by Crippen LogP contribution is 2.08. The Morgan fingerprint density at radius 3 is 2.91 bits per heavy atom. The van der Waals surface area contributed by atoms with Crippen molar-refractivity contribution in [2.24, 2.45) is 0 Å². The molecule has 0 aromatic carbocycles. The van der Waals surface area contributed by atoms with Crippen molar-refractivity contribution in [3.8, 4) is 0 Å². The van der Waals surface area contributed by atoms with Gasteiger partial charge in [0, 0.05) is 18.5 Å². The van der Waals surface area contributed by atoms with Crippen LogP contribution in [0, 0.1) is 6.92 Å². The maximum Gasteiger partial charge on any atom is 0.147 e. The third kappa shape index (κ3) is 1.80. The summed E-state index contributed by atoms with van der Waals surface area (Å²) in [6, 6.07) is 1.97. The third-order valence-electron chi connectivity index (χ3n) is 1.62. The third-order valence-corrected chi connectivity index (χ3v) is 1.62. The van der Waals surface area contributed by atoms with E-state index in [9.17, 15) is 0 Å². The molecule has 0 saturated carbocycles. The Hall–Kier alpha value is -0.830. The maximum atomic E-state index is 5.37. The lowest BCUT2D eigenvalue weighted by Gasteiger charge is -2.13. The zero-order valence-electron chi connectivity index (χ0n) is 7.24. The fraction of sp³-hybridized carbons (Fsp3) is 0.625. The van der Waals surface area contributed by atoms with E-state index in [4.69, 9.17) is 4.74 Å². The van der Waals surface area contributed by atoms with Crippen molar-refractivity contribution < 1.29 is 4.74 Å². The first kappa shape index (κ1) is 8.27. The van der Waals surface area contributed by atoms with Crippen LogP contribution in [0.15, 0.2) is 12.3 Å². The zero-order chi connectivity index (χ0) is 8.27. The minimum Gasteiger partial charge on any atom is -0.357 e. The molecule has 3 nitrogen and oxygen atoms in total. The predicted molar refractivity (Wildman–Crippen MR) is 43.3 cm³/mol. The Kier molecular flexibility index (Phi) is 2.65. The van der Waals surface area contributed by atoms with Crippen LogP contribution in [-0.4, -0.2) is 16.4 Å². The summed E-state index contributed by atoms with van der Waals surface area (Å²) >= 11 is 0. The molecule has 11 heavy (non-hydrogen) atoms. The van der Waals surface area contributed by atoms with E-state index in [1.807, 2.05) is 31.5 Å². The Morgan fingerprint density at radius 2 is 2.45 bits per heavy atom. The summed E-state index contributed by atoms with van der Waals surface area (Å²) in [5, 5.41) is 4.13. The summed E-state index contributed by atoms with van der Waals surface area (Å²) in [7, 11) is 0. The fourth-order valence-corrected chi connectivity index (χ4v) is 1.07. The van der Waals surface area contributed by atoms with Crippen LogP contribution >= 0.6 is 0 Å². The smallest absolute Gasteiger partial charge is 0.147 e. The molecule has 0 N–H and O–H groups in total. The number of aromatic nitrogens is 2. The summed E-state index contributed by atoms with van der Waals surface area (Å²) in [4.78, 5) is 0. The second-order valence-corrected chi connectivity index (χ2v) is 2.47. The van der Waals surface area contributed by atoms with E-state index in [2.05, 4.69) is 5.10 Å². The number of ether oxygens (including phenoxy) is 1. The summed E-state index contributed by atoms with van der Waals surface area (Å²) in [6.45, 7) is 6.71. The van der Waals surface area contributed by atoms with E-state index in [1.54, 1.807) is 6.20 Å². The molecule has 0 aliphatic carbocycles. The summed E-state index contributed by atoms with van der Waals surface area (Å²) in [5.74, 6) is 0. The van der Waals surface area contributed by atoms with Crippen molar-refractivity contribution in [1.29, 1.82) is 0 Å². The van der Waals surface area contributed by atoms with Gasteiger partial charge in [-0.25, -0.2) is 4.68 Å². The summed E-state index contributed by atoms with van der Waals surface area (Å²) < 4.78 is 7.23. The van der Waals surface area contributed by atoms with E-state index in [0.29, 0.717) is 0 Å². The molecule has 3 heteroatoms. The Bertz CT molecular complexity index is 220. The van der Waals surface area contributed by atoms with Crippen molar-refractivity contribution >= 4 is 0 Å². The van der Waals surface area contributed by atoms with Gasteiger partial charge in [-0.15, -0.1) is 0 Å². The van der Waals surface area contributed by atoms with Crippen LogP contribution in [0.2, 0.25) is 0 Å². The monoisotopic (exact) mass is 154 g/mol. The molecule has 1 aromatic rings. The summed E-state index contributed by atoms with van der Waals surface area (Å²) in [5.41, 5.74) is 1.13. The fourth-order valence-electron chi connectivity index (χ4n) is 1.07. The molecule has 0 spiro atoms. The molecule has 1 rings (SSSR count). The minimum absolute atomic E-state index is 0.0509. The van der Waals surface area contributed by atoms with Gasteiger partial charge in [0.15, 0.2) is 0 Å². The quantitative estimate of drug-likeness (QED) is 0.663. The van der Waals surface area contributed by atoms with E-state index >= 15 is 0 Å². The number of nitrogens with zero attached hydrogens (tertiary/aromatic N) is 2. The Balaban J connectivity index is 2.67. The van der Waals surface area contributed by atoms with Crippen LogP contribution in [0.3, 0.4) is 0 Å². The average molecular weight is 154 g/mol.